The standard InChI is InChI=1S/C20H23ClN2O2S/c1-15(20(25)22-2)23(13-12-16-6-4-3-5-7-16)19(24)14-26-18-10-8-17(21)9-11-18/h3-11,15H,12-14H2,1-2H3,(H,22,25)/t15-/m0/s1. The van der Waals surface area contributed by atoms with Crippen molar-refractivity contribution in [3.63, 3.8) is 0 Å². The molecular weight excluding hydrogens is 368 g/mol. The summed E-state index contributed by atoms with van der Waals surface area (Å²) in [4.78, 5) is 27.4. The van der Waals surface area contributed by atoms with Crippen LogP contribution >= 0.6 is 23.4 Å². The Labute approximate surface area is 163 Å². The highest BCUT2D eigenvalue weighted by atomic mass is 35.5. The van der Waals surface area contributed by atoms with Gasteiger partial charge in [-0.25, -0.2) is 0 Å². The molecule has 26 heavy (non-hydrogen) atoms. The second kappa shape index (κ2) is 10.2. The molecular formula is C20H23ClN2O2S. The number of nitrogens with one attached hydrogen (secondary N) is 1. The molecule has 0 saturated carbocycles. The molecule has 0 aliphatic rings. The summed E-state index contributed by atoms with van der Waals surface area (Å²) in [6, 6.07) is 16.8. The van der Waals surface area contributed by atoms with Gasteiger partial charge in [-0.1, -0.05) is 41.9 Å². The summed E-state index contributed by atoms with van der Waals surface area (Å²) in [7, 11) is 1.58. The van der Waals surface area contributed by atoms with Crippen LogP contribution in [0.3, 0.4) is 0 Å². The van der Waals surface area contributed by atoms with Gasteiger partial charge in [-0.3, -0.25) is 9.59 Å². The fourth-order valence-electron chi connectivity index (χ4n) is 2.54. The fourth-order valence-corrected chi connectivity index (χ4v) is 3.45. The summed E-state index contributed by atoms with van der Waals surface area (Å²) < 4.78 is 0. The zero-order chi connectivity index (χ0) is 18.9. The molecule has 0 bridgehead atoms. The number of benzene rings is 2. The van der Waals surface area contributed by atoms with Gasteiger partial charge >= 0.3 is 0 Å². The number of rotatable bonds is 8. The van der Waals surface area contributed by atoms with Gasteiger partial charge in [-0.15, -0.1) is 11.8 Å². The molecule has 6 heteroatoms. The first-order valence-corrected chi connectivity index (χ1v) is 9.81. The lowest BCUT2D eigenvalue weighted by atomic mass is 10.1. The third-order valence-electron chi connectivity index (χ3n) is 4.07. The Balaban J connectivity index is 2.02. The van der Waals surface area contributed by atoms with E-state index in [-0.39, 0.29) is 17.6 Å². The highest BCUT2D eigenvalue weighted by Gasteiger charge is 2.24. The number of hydrogen-bond donors (Lipinski definition) is 1. The Kier molecular flexibility index (Phi) is 8.01. The van der Waals surface area contributed by atoms with Gasteiger partial charge in [-0.05, 0) is 43.2 Å². The quantitative estimate of drug-likeness (QED) is 0.700. The number of nitrogens with zero attached hydrogens (tertiary/aromatic N) is 1. The first-order valence-electron chi connectivity index (χ1n) is 8.44. The first kappa shape index (κ1) is 20.3. The number of carbonyl (C=O) groups excluding carboxylic acids is 2. The second-order valence-electron chi connectivity index (χ2n) is 5.86. The number of likely N-dealkylation sites (N-methyl/N-ethyl adjacent to an activating group) is 1. The SMILES string of the molecule is CNC(=O)[C@H](C)N(CCc1ccccc1)C(=O)CSc1ccc(Cl)cc1. The molecule has 2 rings (SSSR count). The molecule has 0 aromatic heterocycles. The molecule has 1 N–H and O–H groups in total. The van der Waals surface area contributed by atoms with Crippen LogP contribution in [-0.2, 0) is 16.0 Å². The van der Waals surface area contributed by atoms with Gasteiger partial charge in [0.15, 0.2) is 0 Å². The molecule has 2 aromatic carbocycles. The molecule has 1 atom stereocenters. The fraction of sp³-hybridized carbons (Fsp3) is 0.300. The number of amides is 2. The van der Waals surface area contributed by atoms with E-state index in [1.165, 1.54) is 11.8 Å². The monoisotopic (exact) mass is 390 g/mol. The average Bonchev–Trinajstić information content (AvgIpc) is 2.67. The van der Waals surface area contributed by atoms with E-state index in [2.05, 4.69) is 5.32 Å². The molecule has 2 aromatic rings. The van der Waals surface area contributed by atoms with Crippen LogP contribution in [0.1, 0.15) is 12.5 Å². The topological polar surface area (TPSA) is 49.4 Å². The minimum atomic E-state index is -0.512. The lowest BCUT2D eigenvalue weighted by molar-refractivity contribution is -0.137. The maximum Gasteiger partial charge on any atom is 0.242 e. The van der Waals surface area contributed by atoms with E-state index in [0.717, 1.165) is 10.5 Å². The highest BCUT2D eigenvalue weighted by molar-refractivity contribution is 8.00. The lowest BCUT2D eigenvalue weighted by Gasteiger charge is -2.28. The number of hydrogen-bond acceptors (Lipinski definition) is 3. The van der Waals surface area contributed by atoms with Crippen LogP contribution in [0.25, 0.3) is 0 Å². The molecule has 0 unspecified atom stereocenters. The maximum absolute atomic E-state index is 12.8. The maximum atomic E-state index is 12.8. The first-order chi connectivity index (χ1) is 12.5. The van der Waals surface area contributed by atoms with Crippen LogP contribution in [0.4, 0.5) is 0 Å². The zero-order valence-electron chi connectivity index (χ0n) is 14.9. The van der Waals surface area contributed by atoms with Crippen LogP contribution in [0.5, 0.6) is 0 Å². The average molecular weight is 391 g/mol. The van der Waals surface area contributed by atoms with Gasteiger partial charge < -0.3 is 10.2 Å². The van der Waals surface area contributed by atoms with Crippen molar-refractivity contribution in [1.82, 2.24) is 10.2 Å². The van der Waals surface area contributed by atoms with E-state index in [4.69, 9.17) is 11.6 Å². The molecule has 0 spiro atoms. The Morgan fingerprint density at radius 3 is 2.38 bits per heavy atom. The van der Waals surface area contributed by atoms with Crippen molar-refractivity contribution >= 4 is 35.2 Å². The smallest absolute Gasteiger partial charge is 0.242 e. The molecule has 2 amide bonds. The summed E-state index contributed by atoms with van der Waals surface area (Å²) in [5.41, 5.74) is 1.14. The van der Waals surface area contributed by atoms with Gasteiger partial charge in [0, 0.05) is 23.5 Å². The van der Waals surface area contributed by atoms with Gasteiger partial charge in [0.05, 0.1) is 5.75 Å². The zero-order valence-corrected chi connectivity index (χ0v) is 16.5. The number of thioether (sulfide) groups is 1. The van der Waals surface area contributed by atoms with Crippen molar-refractivity contribution in [3.8, 4) is 0 Å². The largest absolute Gasteiger partial charge is 0.357 e. The Morgan fingerprint density at radius 2 is 1.77 bits per heavy atom. The van der Waals surface area contributed by atoms with Crippen molar-refractivity contribution in [1.29, 1.82) is 0 Å². The third kappa shape index (κ3) is 6.07. The third-order valence-corrected chi connectivity index (χ3v) is 5.32. The van der Waals surface area contributed by atoms with Crippen molar-refractivity contribution in [2.75, 3.05) is 19.3 Å². The van der Waals surface area contributed by atoms with Gasteiger partial charge in [0.25, 0.3) is 0 Å². The van der Waals surface area contributed by atoms with Crippen molar-refractivity contribution in [3.05, 3.63) is 65.2 Å². The summed E-state index contributed by atoms with van der Waals surface area (Å²) in [6.07, 6.45) is 0.708. The van der Waals surface area contributed by atoms with Crippen LogP contribution in [0, 0.1) is 0 Å². The number of halogens is 1. The van der Waals surface area contributed by atoms with Crippen molar-refractivity contribution < 1.29 is 9.59 Å². The Hall–Kier alpha value is -1.98. The Morgan fingerprint density at radius 1 is 1.12 bits per heavy atom. The molecule has 138 valence electrons. The summed E-state index contributed by atoms with van der Waals surface area (Å²) in [5.74, 6) is 0.0532. The predicted octanol–water partition coefficient (Wildman–Crippen LogP) is 3.64. The molecule has 0 fully saturated rings. The van der Waals surface area contributed by atoms with Crippen molar-refractivity contribution in [2.24, 2.45) is 0 Å². The van der Waals surface area contributed by atoms with E-state index < -0.39 is 6.04 Å². The number of carbonyl (C=O) groups is 2. The van der Waals surface area contributed by atoms with Crippen LogP contribution in [0.2, 0.25) is 5.02 Å². The molecule has 0 radical (unpaired) electrons. The minimum Gasteiger partial charge on any atom is -0.357 e. The predicted molar refractivity (Wildman–Crippen MR) is 108 cm³/mol. The molecule has 4 nitrogen and oxygen atoms in total. The van der Waals surface area contributed by atoms with Crippen molar-refractivity contribution in [2.45, 2.75) is 24.3 Å². The van der Waals surface area contributed by atoms with Crippen LogP contribution < -0.4 is 5.32 Å². The van der Waals surface area contributed by atoms with E-state index in [1.54, 1.807) is 31.0 Å². The summed E-state index contributed by atoms with van der Waals surface area (Å²) >= 11 is 7.33. The van der Waals surface area contributed by atoms with Gasteiger partial charge in [0.1, 0.15) is 6.04 Å². The van der Waals surface area contributed by atoms with E-state index in [9.17, 15) is 9.59 Å². The highest BCUT2D eigenvalue weighted by Crippen LogP contribution is 2.21. The van der Waals surface area contributed by atoms with E-state index >= 15 is 0 Å². The molecule has 0 aliphatic heterocycles. The van der Waals surface area contributed by atoms with Gasteiger partial charge in [0.2, 0.25) is 11.8 Å². The van der Waals surface area contributed by atoms with E-state index in [0.29, 0.717) is 18.0 Å². The van der Waals surface area contributed by atoms with Gasteiger partial charge in [-0.2, -0.15) is 0 Å². The Bertz CT molecular complexity index is 722. The molecule has 0 heterocycles. The minimum absolute atomic E-state index is 0.0584. The normalized spacial score (nSPS) is 11.7. The van der Waals surface area contributed by atoms with E-state index in [1.807, 2.05) is 42.5 Å². The second-order valence-corrected chi connectivity index (χ2v) is 7.34. The van der Waals surface area contributed by atoms with Crippen LogP contribution in [0.15, 0.2) is 59.5 Å². The van der Waals surface area contributed by atoms with Crippen LogP contribution in [-0.4, -0.2) is 42.1 Å². The molecule has 0 saturated heterocycles. The summed E-state index contributed by atoms with van der Waals surface area (Å²) in [5, 5.41) is 3.29. The summed E-state index contributed by atoms with van der Waals surface area (Å²) in [6.45, 7) is 2.26. The molecule has 0 aliphatic carbocycles. The lowest BCUT2D eigenvalue weighted by Crippen LogP contribution is -2.48.